The third kappa shape index (κ3) is 5.46. The maximum Gasteiger partial charge on any atom is 0.230 e. The molecule has 0 saturated carbocycles. The number of para-hydroxylation sites is 1. The van der Waals surface area contributed by atoms with E-state index in [0.29, 0.717) is 18.9 Å². The molecule has 27 heavy (non-hydrogen) atoms. The van der Waals surface area contributed by atoms with Crippen molar-refractivity contribution in [3.8, 4) is 5.75 Å². The Balaban J connectivity index is 1.50. The number of nitrogens with zero attached hydrogens (tertiary/aromatic N) is 3. The summed E-state index contributed by atoms with van der Waals surface area (Å²) in [6.07, 6.45) is 2.24. The summed E-state index contributed by atoms with van der Waals surface area (Å²) in [7, 11) is 0. The molecule has 0 radical (unpaired) electrons. The van der Waals surface area contributed by atoms with Crippen LogP contribution in [0.1, 0.15) is 31.2 Å². The second-order valence-corrected chi connectivity index (χ2v) is 7.37. The molecule has 1 atom stereocenters. The summed E-state index contributed by atoms with van der Waals surface area (Å²) in [5, 5.41) is 12.1. The lowest BCUT2D eigenvalue weighted by Crippen LogP contribution is -2.32. The van der Waals surface area contributed by atoms with Crippen molar-refractivity contribution in [3.05, 3.63) is 35.7 Å². The molecule has 1 amide bonds. The lowest BCUT2D eigenvalue weighted by atomic mass is 10.2. The average molecular weight is 391 g/mol. The molecule has 1 fully saturated rings. The molecule has 146 valence electrons. The third-order valence-electron chi connectivity index (χ3n) is 4.44. The number of hydrogen-bond acceptors (Lipinski definition) is 6. The lowest BCUT2D eigenvalue weighted by molar-refractivity contribution is -0.119. The average Bonchev–Trinajstić information content (AvgIpc) is 3.33. The van der Waals surface area contributed by atoms with Gasteiger partial charge in [-0.15, -0.1) is 10.2 Å². The van der Waals surface area contributed by atoms with Crippen molar-refractivity contribution in [2.75, 3.05) is 18.9 Å². The highest BCUT2D eigenvalue weighted by Crippen LogP contribution is 2.20. The van der Waals surface area contributed by atoms with E-state index in [1.54, 1.807) is 0 Å². The van der Waals surface area contributed by atoms with E-state index in [2.05, 4.69) is 15.5 Å². The van der Waals surface area contributed by atoms with Crippen molar-refractivity contribution in [2.45, 2.75) is 51.1 Å². The van der Waals surface area contributed by atoms with Gasteiger partial charge in [0.15, 0.2) is 11.0 Å². The number of carbonyl (C=O) groups is 1. The summed E-state index contributed by atoms with van der Waals surface area (Å²) in [6.45, 7) is 6.48. The molecule has 3 rings (SSSR count). The van der Waals surface area contributed by atoms with E-state index in [9.17, 15) is 4.79 Å². The minimum atomic E-state index is -0.0149. The van der Waals surface area contributed by atoms with E-state index in [1.807, 2.05) is 42.7 Å². The van der Waals surface area contributed by atoms with E-state index in [4.69, 9.17) is 9.47 Å². The molecule has 1 aromatic heterocycles. The number of carbonyl (C=O) groups excluding carboxylic acids is 1. The molecule has 2 heterocycles. The first-order valence-electron chi connectivity index (χ1n) is 9.29. The third-order valence-corrected chi connectivity index (χ3v) is 5.41. The number of amides is 1. The smallest absolute Gasteiger partial charge is 0.230 e. The number of benzene rings is 1. The summed E-state index contributed by atoms with van der Waals surface area (Å²) in [6, 6.07) is 7.88. The van der Waals surface area contributed by atoms with Gasteiger partial charge in [-0.05, 0) is 38.3 Å². The number of aryl methyl sites for hydroxylation is 1. The highest BCUT2D eigenvalue weighted by atomic mass is 32.2. The monoisotopic (exact) mass is 390 g/mol. The number of ether oxygens (including phenoxy) is 2. The number of hydrogen-bond donors (Lipinski definition) is 1. The molecular weight excluding hydrogens is 364 g/mol. The normalized spacial score (nSPS) is 16.4. The highest BCUT2D eigenvalue weighted by Gasteiger charge is 2.17. The molecule has 2 aromatic rings. The predicted octanol–water partition coefficient (Wildman–Crippen LogP) is 2.57. The summed E-state index contributed by atoms with van der Waals surface area (Å²) >= 11 is 1.39. The Hall–Kier alpha value is -2.06. The molecular formula is C19H26N4O3S. The van der Waals surface area contributed by atoms with Gasteiger partial charge in [0, 0.05) is 19.7 Å². The zero-order chi connectivity index (χ0) is 19.1. The summed E-state index contributed by atoms with van der Waals surface area (Å²) in [5.41, 5.74) is 1.08. The van der Waals surface area contributed by atoms with Crippen LogP contribution in [0.4, 0.5) is 0 Å². The van der Waals surface area contributed by atoms with Crippen molar-refractivity contribution in [3.63, 3.8) is 0 Å². The minimum Gasteiger partial charge on any atom is -0.485 e. The van der Waals surface area contributed by atoms with Crippen molar-refractivity contribution in [2.24, 2.45) is 0 Å². The molecule has 1 N–H and O–H groups in total. The second-order valence-electron chi connectivity index (χ2n) is 6.43. The van der Waals surface area contributed by atoms with Crippen LogP contribution >= 0.6 is 11.8 Å². The van der Waals surface area contributed by atoms with Gasteiger partial charge >= 0.3 is 0 Å². The zero-order valence-electron chi connectivity index (χ0n) is 15.8. The molecule has 1 aliphatic heterocycles. The second kappa shape index (κ2) is 9.75. The molecule has 0 aliphatic carbocycles. The van der Waals surface area contributed by atoms with Crippen molar-refractivity contribution < 1.29 is 14.3 Å². The van der Waals surface area contributed by atoms with E-state index < -0.39 is 0 Å². The Morgan fingerprint density at radius 1 is 1.41 bits per heavy atom. The van der Waals surface area contributed by atoms with E-state index in [-0.39, 0.29) is 12.0 Å². The fourth-order valence-electron chi connectivity index (χ4n) is 2.93. The standard InChI is InChI=1S/C19H26N4O3S/c1-3-23-17(12-26-16-9-5-4-7-14(16)2)21-22-19(23)27-13-18(24)20-11-15-8-6-10-25-15/h4-5,7,9,15H,3,6,8,10-13H2,1-2H3,(H,20,24)/t15-/m1/s1. The number of thioether (sulfide) groups is 1. The molecule has 8 heteroatoms. The Labute approximate surface area is 163 Å². The molecule has 1 aromatic carbocycles. The first-order valence-corrected chi connectivity index (χ1v) is 10.3. The first kappa shape index (κ1) is 19.7. The first-order chi connectivity index (χ1) is 13.2. The topological polar surface area (TPSA) is 78.3 Å². The van der Waals surface area contributed by atoms with Crippen LogP contribution in [0.5, 0.6) is 5.75 Å². The van der Waals surface area contributed by atoms with Crippen molar-refractivity contribution in [1.82, 2.24) is 20.1 Å². The molecule has 7 nitrogen and oxygen atoms in total. The molecule has 1 aliphatic rings. The quantitative estimate of drug-likeness (QED) is 0.663. The summed E-state index contributed by atoms with van der Waals surface area (Å²) in [5.74, 6) is 1.89. The van der Waals surface area contributed by atoms with Crippen LogP contribution in [0, 0.1) is 6.92 Å². The molecule has 0 unspecified atom stereocenters. The van der Waals surface area contributed by atoms with Gasteiger partial charge in [0.2, 0.25) is 5.91 Å². The predicted molar refractivity (Wildman–Crippen MR) is 104 cm³/mol. The van der Waals surface area contributed by atoms with Gasteiger partial charge in [0.25, 0.3) is 0 Å². The Morgan fingerprint density at radius 2 is 2.26 bits per heavy atom. The number of rotatable bonds is 9. The molecule has 0 spiro atoms. The summed E-state index contributed by atoms with van der Waals surface area (Å²) in [4.78, 5) is 12.1. The van der Waals surface area contributed by atoms with Crippen LogP contribution < -0.4 is 10.1 Å². The van der Waals surface area contributed by atoms with Gasteiger partial charge < -0.3 is 19.4 Å². The number of aromatic nitrogens is 3. The minimum absolute atomic E-state index is 0.0149. The lowest BCUT2D eigenvalue weighted by Gasteiger charge is -2.11. The fourth-order valence-corrected chi connectivity index (χ4v) is 3.78. The highest BCUT2D eigenvalue weighted by molar-refractivity contribution is 7.99. The maximum absolute atomic E-state index is 12.1. The van der Waals surface area contributed by atoms with E-state index in [0.717, 1.165) is 48.3 Å². The van der Waals surface area contributed by atoms with Gasteiger partial charge in [-0.3, -0.25) is 4.79 Å². The number of nitrogens with one attached hydrogen (secondary N) is 1. The molecule has 0 bridgehead atoms. The van der Waals surface area contributed by atoms with Gasteiger partial charge in [-0.25, -0.2) is 0 Å². The van der Waals surface area contributed by atoms with E-state index >= 15 is 0 Å². The maximum atomic E-state index is 12.1. The van der Waals surface area contributed by atoms with Crippen LogP contribution in [0.25, 0.3) is 0 Å². The summed E-state index contributed by atoms with van der Waals surface area (Å²) < 4.78 is 13.4. The van der Waals surface area contributed by atoms with Gasteiger partial charge in [0.1, 0.15) is 12.4 Å². The molecule has 1 saturated heterocycles. The zero-order valence-corrected chi connectivity index (χ0v) is 16.6. The van der Waals surface area contributed by atoms with Crippen LogP contribution in [-0.4, -0.2) is 45.7 Å². The van der Waals surface area contributed by atoms with Crippen molar-refractivity contribution >= 4 is 17.7 Å². The van der Waals surface area contributed by atoms with Gasteiger partial charge in [-0.1, -0.05) is 30.0 Å². The van der Waals surface area contributed by atoms with E-state index in [1.165, 1.54) is 11.8 Å². The van der Waals surface area contributed by atoms with Gasteiger partial charge in [0.05, 0.1) is 11.9 Å². The SMILES string of the molecule is CCn1c(COc2ccccc2C)nnc1SCC(=O)NC[C@H]1CCCO1. The Kier molecular flexibility index (Phi) is 7.11. The Morgan fingerprint density at radius 3 is 3.00 bits per heavy atom. The van der Waals surface area contributed by atoms with Crippen LogP contribution in [0.3, 0.4) is 0 Å². The van der Waals surface area contributed by atoms with Crippen LogP contribution in [-0.2, 0) is 22.7 Å². The van der Waals surface area contributed by atoms with Gasteiger partial charge in [-0.2, -0.15) is 0 Å². The largest absolute Gasteiger partial charge is 0.485 e. The fraction of sp³-hybridized carbons (Fsp3) is 0.526. The Bertz CT molecular complexity index is 759. The van der Waals surface area contributed by atoms with Crippen LogP contribution in [0.15, 0.2) is 29.4 Å². The van der Waals surface area contributed by atoms with Crippen molar-refractivity contribution in [1.29, 1.82) is 0 Å². The van der Waals surface area contributed by atoms with Crippen LogP contribution in [0.2, 0.25) is 0 Å².